The van der Waals surface area contributed by atoms with E-state index in [1.54, 1.807) is 13.4 Å². The highest BCUT2D eigenvalue weighted by molar-refractivity contribution is 9.10. The predicted molar refractivity (Wildman–Crippen MR) is 106 cm³/mol. The number of rotatable bonds is 8. The molecule has 0 atom stereocenters. The Balaban J connectivity index is 1.66. The van der Waals surface area contributed by atoms with Crippen molar-refractivity contribution in [2.45, 2.75) is 19.7 Å². The summed E-state index contributed by atoms with van der Waals surface area (Å²) >= 11 is 9.60. The van der Waals surface area contributed by atoms with Crippen LogP contribution in [-0.4, -0.2) is 7.11 Å². The second kappa shape index (κ2) is 9.12. The second-order valence-corrected chi connectivity index (χ2v) is 7.00. The zero-order valence-corrected chi connectivity index (χ0v) is 16.6. The molecule has 4 nitrogen and oxygen atoms in total. The van der Waals surface area contributed by atoms with Crippen molar-refractivity contribution >= 4 is 27.5 Å². The summed E-state index contributed by atoms with van der Waals surface area (Å²) in [5, 5.41) is 4.03. The van der Waals surface area contributed by atoms with Crippen LogP contribution in [0.1, 0.15) is 16.9 Å². The zero-order valence-electron chi connectivity index (χ0n) is 14.3. The monoisotopic (exact) mass is 435 g/mol. The maximum atomic E-state index is 6.02. The average molecular weight is 437 g/mol. The van der Waals surface area contributed by atoms with Gasteiger partial charge in [-0.25, -0.2) is 0 Å². The summed E-state index contributed by atoms with van der Waals surface area (Å²) in [6.07, 6.45) is 1.67. The van der Waals surface area contributed by atoms with E-state index in [4.69, 9.17) is 25.5 Å². The summed E-state index contributed by atoms with van der Waals surface area (Å²) in [5.41, 5.74) is 2.08. The molecule has 0 saturated heterocycles. The molecule has 0 aliphatic heterocycles. The molecular weight excluding hydrogens is 418 g/mol. The first-order valence-electron chi connectivity index (χ1n) is 8.12. The topological polar surface area (TPSA) is 43.6 Å². The molecule has 0 aliphatic rings. The molecule has 136 valence electrons. The van der Waals surface area contributed by atoms with E-state index in [0.717, 1.165) is 21.4 Å². The van der Waals surface area contributed by atoms with Crippen LogP contribution in [0.5, 0.6) is 11.5 Å². The van der Waals surface area contributed by atoms with Gasteiger partial charge in [-0.15, -0.1) is 0 Å². The largest absolute Gasteiger partial charge is 0.493 e. The van der Waals surface area contributed by atoms with Crippen LogP contribution in [0.2, 0.25) is 5.02 Å². The molecule has 0 radical (unpaired) electrons. The van der Waals surface area contributed by atoms with Crippen LogP contribution in [0, 0.1) is 0 Å². The number of furan rings is 1. The van der Waals surface area contributed by atoms with Gasteiger partial charge in [0.1, 0.15) is 12.4 Å². The molecule has 6 heteroatoms. The van der Waals surface area contributed by atoms with Crippen LogP contribution in [0.4, 0.5) is 0 Å². The summed E-state index contributed by atoms with van der Waals surface area (Å²) in [6.45, 7) is 1.76. The Morgan fingerprint density at radius 2 is 1.96 bits per heavy atom. The molecule has 3 aromatic rings. The van der Waals surface area contributed by atoms with Gasteiger partial charge in [0.25, 0.3) is 0 Å². The van der Waals surface area contributed by atoms with Gasteiger partial charge in [0.2, 0.25) is 0 Å². The normalized spacial score (nSPS) is 10.7. The first kappa shape index (κ1) is 18.8. The third kappa shape index (κ3) is 5.04. The van der Waals surface area contributed by atoms with E-state index in [9.17, 15) is 0 Å². The van der Waals surface area contributed by atoms with Crippen molar-refractivity contribution in [1.82, 2.24) is 5.32 Å². The van der Waals surface area contributed by atoms with Crippen molar-refractivity contribution in [2.24, 2.45) is 0 Å². The molecule has 0 bridgehead atoms. The van der Waals surface area contributed by atoms with Crippen molar-refractivity contribution in [3.63, 3.8) is 0 Å². The quantitative estimate of drug-likeness (QED) is 0.501. The Kier molecular flexibility index (Phi) is 6.61. The molecular formula is C20H19BrClNO3. The molecule has 1 N–H and O–H groups in total. The number of benzene rings is 2. The smallest absolute Gasteiger partial charge is 0.175 e. The molecule has 3 rings (SSSR count). The van der Waals surface area contributed by atoms with Crippen LogP contribution in [0.3, 0.4) is 0 Å². The van der Waals surface area contributed by atoms with Gasteiger partial charge in [-0.05, 0) is 63.5 Å². The maximum absolute atomic E-state index is 6.02. The summed E-state index contributed by atoms with van der Waals surface area (Å²) < 4.78 is 17.6. The minimum absolute atomic E-state index is 0.408. The van der Waals surface area contributed by atoms with Gasteiger partial charge in [0, 0.05) is 11.6 Å². The summed E-state index contributed by atoms with van der Waals surface area (Å²) in [6, 6.07) is 15.4. The molecule has 0 unspecified atom stereocenters. The first-order chi connectivity index (χ1) is 12.7. The van der Waals surface area contributed by atoms with Gasteiger partial charge in [0.15, 0.2) is 11.5 Å². The van der Waals surface area contributed by atoms with Crippen LogP contribution in [0.15, 0.2) is 63.7 Å². The van der Waals surface area contributed by atoms with Gasteiger partial charge in [0.05, 0.1) is 24.4 Å². The molecule has 0 amide bonds. The van der Waals surface area contributed by atoms with Crippen molar-refractivity contribution in [3.05, 3.63) is 81.2 Å². The Morgan fingerprint density at radius 3 is 2.69 bits per heavy atom. The van der Waals surface area contributed by atoms with E-state index in [2.05, 4.69) is 21.2 Å². The first-order valence-corrected chi connectivity index (χ1v) is 9.29. The van der Waals surface area contributed by atoms with Crippen LogP contribution >= 0.6 is 27.5 Å². The van der Waals surface area contributed by atoms with E-state index in [1.165, 1.54) is 0 Å². The van der Waals surface area contributed by atoms with E-state index >= 15 is 0 Å². The van der Waals surface area contributed by atoms with E-state index in [0.29, 0.717) is 36.2 Å². The maximum Gasteiger partial charge on any atom is 0.175 e. The number of nitrogens with one attached hydrogen (secondary N) is 1. The third-order valence-corrected chi connectivity index (χ3v) is 4.59. The lowest BCUT2D eigenvalue weighted by Crippen LogP contribution is -2.12. The molecule has 26 heavy (non-hydrogen) atoms. The van der Waals surface area contributed by atoms with Crippen LogP contribution < -0.4 is 14.8 Å². The SMILES string of the molecule is COc1cc(CNCc2ccco2)cc(Br)c1OCc1cccc(Cl)c1. The van der Waals surface area contributed by atoms with Crippen molar-refractivity contribution in [2.75, 3.05) is 7.11 Å². The number of hydrogen-bond acceptors (Lipinski definition) is 4. The van der Waals surface area contributed by atoms with Gasteiger partial charge in [-0.3, -0.25) is 0 Å². The average Bonchev–Trinajstić information content (AvgIpc) is 3.14. The lowest BCUT2D eigenvalue weighted by atomic mass is 10.2. The molecule has 2 aromatic carbocycles. The van der Waals surface area contributed by atoms with Crippen LogP contribution in [0.25, 0.3) is 0 Å². The van der Waals surface area contributed by atoms with E-state index < -0.39 is 0 Å². The van der Waals surface area contributed by atoms with Crippen molar-refractivity contribution in [1.29, 1.82) is 0 Å². The minimum atomic E-state index is 0.408. The highest BCUT2D eigenvalue weighted by Gasteiger charge is 2.12. The molecule has 1 aromatic heterocycles. The van der Waals surface area contributed by atoms with E-state index in [1.807, 2.05) is 48.5 Å². The molecule has 1 heterocycles. The summed E-state index contributed by atoms with van der Waals surface area (Å²) in [5.74, 6) is 2.25. The van der Waals surface area contributed by atoms with Gasteiger partial charge in [-0.2, -0.15) is 0 Å². The van der Waals surface area contributed by atoms with Gasteiger partial charge < -0.3 is 19.2 Å². The Labute approximate surface area is 166 Å². The summed E-state index contributed by atoms with van der Waals surface area (Å²) in [7, 11) is 1.63. The summed E-state index contributed by atoms with van der Waals surface area (Å²) in [4.78, 5) is 0. The predicted octanol–water partition coefficient (Wildman–Crippen LogP) is 5.57. The lowest BCUT2D eigenvalue weighted by Gasteiger charge is -2.15. The number of halogens is 2. The molecule has 0 aliphatic carbocycles. The van der Waals surface area contributed by atoms with Crippen LogP contribution in [-0.2, 0) is 19.7 Å². The Hall–Kier alpha value is -1.95. The Bertz CT molecular complexity index is 852. The fourth-order valence-electron chi connectivity index (χ4n) is 2.54. The standard InChI is InChI=1S/C20H19BrClNO3/c1-24-19-10-15(11-23-12-17-6-3-7-25-17)9-18(21)20(19)26-13-14-4-2-5-16(22)8-14/h2-10,23H,11-13H2,1H3. The van der Waals surface area contributed by atoms with Gasteiger partial charge in [-0.1, -0.05) is 23.7 Å². The van der Waals surface area contributed by atoms with Crippen molar-refractivity contribution in [3.8, 4) is 11.5 Å². The molecule has 0 saturated carbocycles. The van der Waals surface area contributed by atoms with Crippen molar-refractivity contribution < 1.29 is 13.9 Å². The van der Waals surface area contributed by atoms with E-state index in [-0.39, 0.29) is 0 Å². The fourth-order valence-corrected chi connectivity index (χ4v) is 3.36. The zero-order chi connectivity index (χ0) is 18.4. The highest BCUT2D eigenvalue weighted by Crippen LogP contribution is 2.37. The number of hydrogen-bond donors (Lipinski definition) is 1. The molecule has 0 fully saturated rings. The highest BCUT2D eigenvalue weighted by atomic mass is 79.9. The second-order valence-electron chi connectivity index (χ2n) is 5.71. The fraction of sp³-hybridized carbons (Fsp3) is 0.200. The third-order valence-electron chi connectivity index (χ3n) is 3.77. The van der Waals surface area contributed by atoms with Gasteiger partial charge >= 0.3 is 0 Å². The minimum Gasteiger partial charge on any atom is -0.493 e. The number of ether oxygens (including phenoxy) is 2. The molecule has 0 spiro atoms. The number of methoxy groups -OCH3 is 1. The Morgan fingerprint density at radius 1 is 1.08 bits per heavy atom. The lowest BCUT2D eigenvalue weighted by molar-refractivity contribution is 0.282.